The Hall–Kier alpha value is -1.00. The molecular formula is C5H6F2O3. The summed E-state index contributed by atoms with van der Waals surface area (Å²) in [4.78, 5) is 19.7. The van der Waals surface area contributed by atoms with Gasteiger partial charge in [-0.15, -0.1) is 0 Å². The van der Waals surface area contributed by atoms with Crippen molar-refractivity contribution in [1.29, 1.82) is 0 Å². The van der Waals surface area contributed by atoms with Crippen LogP contribution in [0.25, 0.3) is 0 Å². The van der Waals surface area contributed by atoms with Crippen LogP contribution in [0.5, 0.6) is 0 Å². The fourth-order valence-corrected chi connectivity index (χ4v) is 0.317. The molecule has 0 heterocycles. The van der Waals surface area contributed by atoms with Crippen molar-refractivity contribution in [3.63, 3.8) is 0 Å². The van der Waals surface area contributed by atoms with Gasteiger partial charge in [0.15, 0.2) is 0 Å². The Morgan fingerprint density at radius 3 is 2.00 bits per heavy atom. The van der Waals surface area contributed by atoms with Gasteiger partial charge in [-0.05, 0) is 0 Å². The maximum absolute atomic E-state index is 12.1. The minimum atomic E-state index is -3.72. The Morgan fingerprint density at radius 2 is 1.90 bits per heavy atom. The van der Waals surface area contributed by atoms with E-state index in [1.807, 2.05) is 0 Å². The fourth-order valence-electron chi connectivity index (χ4n) is 0.317. The molecule has 0 aliphatic carbocycles. The van der Waals surface area contributed by atoms with Crippen LogP contribution >= 0.6 is 0 Å². The topological polar surface area (TPSA) is 54.4 Å². The van der Waals surface area contributed by atoms with Gasteiger partial charge in [0.1, 0.15) is 0 Å². The molecule has 0 spiro atoms. The average Bonchev–Trinajstić information content (AvgIpc) is 1.86. The zero-order chi connectivity index (χ0) is 8.36. The van der Waals surface area contributed by atoms with Crippen LogP contribution in [0.15, 0.2) is 0 Å². The zero-order valence-corrected chi connectivity index (χ0v) is 5.23. The number of Topliss-reactive ketones (excluding diaryl/α,β-unsaturated/α-hetero) is 1. The van der Waals surface area contributed by atoms with E-state index in [0.29, 0.717) is 0 Å². The predicted octanol–water partition coefficient (Wildman–Crippen LogP) is 0.685. The van der Waals surface area contributed by atoms with E-state index in [1.54, 1.807) is 0 Å². The number of ketones is 1. The quantitative estimate of drug-likeness (QED) is 0.605. The third-order valence-corrected chi connectivity index (χ3v) is 0.970. The van der Waals surface area contributed by atoms with E-state index in [2.05, 4.69) is 0 Å². The highest BCUT2D eigenvalue weighted by molar-refractivity contribution is 6.35. The first-order valence-electron chi connectivity index (χ1n) is 2.57. The summed E-state index contributed by atoms with van der Waals surface area (Å²) in [6, 6.07) is 0. The summed E-state index contributed by atoms with van der Waals surface area (Å²) in [6.07, 6.45) is -0.780. The molecule has 0 saturated carbocycles. The molecular weight excluding hydrogens is 146 g/mol. The molecule has 0 aromatic heterocycles. The van der Waals surface area contributed by atoms with Crippen LogP contribution in [0.3, 0.4) is 0 Å². The predicted molar refractivity (Wildman–Crippen MR) is 27.9 cm³/mol. The minimum absolute atomic E-state index is 0.780. The molecule has 0 rings (SSSR count). The van der Waals surface area contributed by atoms with Crippen molar-refractivity contribution in [2.75, 3.05) is 0 Å². The van der Waals surface area contributed by atoms with Gasteiger partial charge in [0.05, 0.1) is 0 Å². The average molecular weight is 152 g/mol. The van der Waals surface area contributed by atoms with Gasteiger partial charge >= 0.3 is 17.7 Å². The summed E-state index contributed by atoms with van der Waals surface area (Å²) in [5, 5.41) is 7.82. The van der Waals surface area contributed by atoms with Gasteiger partial charge in [0.25, 0.3) is 0 Å². The van der Waals surface area contributed by atoms with Crippen molar-refractivity contribution in [3.05, 3.63) is 0 Å². The number of carbonyl (C=O) groups is 2. The molecule has 1 N–H and O–H groups in total. The molecule has 0 aliphatic rings. The summed E-state index contributed by atoms with van der Waals surface area (Å²) in [6.45, 7) is 1.04. The van der Waals surface area contributed by atoms with Crippen molar-refractivity contribution in [3.8, 4) is 0 Å². The number of aliphatic carboxylic acids is 1. The Balaban J connectivity index is 4.33. The van der Waals surface area contributed by atoms with E-state index >= 15 is 0 Å². The molecule has 5 heteroatoms. The first kappa shape index (κ1) is 9.00. The van der Waals surface area contributed by atoms with Gasteiger partial charge in [-0.3, -0.25) is 4.79 Å². The van der Waals surface area contributed by atoms with E-state index in [0.717, 1.165) is 6.92 Å². The largest absolute Gasteiger partial charge is 0.475 e. The molecule has 0 aromatic rings. The third-order valence-electron chi connectivity index (χ3n) is 0.970. The summed E-state index contributed by atoms with van der Waals surface area (Å²) in [5.74, 6) is -7.85. The molecule has 0 bridgehead atoms. The van der Waals surface area contributed by atoms with Crippen molar-refractivity contribution in [2.45, 2.75) is 19.3 Å². The van der Waals surface area contributed by atoms with Crippen LogP contribution in [0, 0.1) is 0 Å². The molecule has 0 saturated heterocycles. The van der Waals surface area contributed by atoms with E-state index in [-0.39, 0.29) is 0 Å². The molecule has 0 atom stereocenters. The number of hydrogen-bond acceptors (Lipinski definition) is 2. The van der Waals surface area contributed by atoms with Crippen LogP contribution in [0.4, 0.5) is 8.78 Å². The lowest BCUT2D eigenvalue weighted by atomic mass is 10.2. The summed E-state index contributed by atoms with van der Waals surface area (Å²) in [7, 11) is 0. The lowest BCUT2D eigenvalue weighted by Gasteiger charge is -2.07. The van der Waals surface area contributed by atoms with Crippen LogP contribution < -0.4 is 0 Å². The Bertz CT molecular complexity index is 164. The minimum Gasteiger partial charge on any atom is -0.475 e. The summed E-state index contributed by atoms with van der Waals surface area (Å²) in [5.41, 5.74) is 0. The second-order valence-corrected chi connectivity index (χ2v) is 1.69. The Kier molecular flexibility index (Phi) is 2.45. The number of carbonyl (C=O) groups excluding carboxylic acids is 1. The van der Waals surface area contributed by atoms with Gasteiger partial charge in [0, 0.05) is 6.42 Å². The van der Waals surface area contributed by atoms with Crippen LogP contribution in [0.2, 0.25) is 0 Å². The van der Waals surface area contributed by atoms with E-state index < -0.39 is 24.1 Å². The van der Waals surface area contributed by atoms with Crippen molar-refractivity contribution in [1.82, 2.24) is 0 Å². The number of rotatable bonds is 3. The lowest BCUT2D eigenvalue weighted by molar-refractivity contribution is -0.162. The molecule has 0 unspecified atom stereocenters. The normalized spacial score (nSPS) is 11.1. The maximum atomic E-state index is 12.1. The highest BCUT2D eigenvalue weighted by atomic mass is 19.3. The van der Waals surface area contributed by atoms with Crippen molar-refractivity contribution < 1.29 is 23.5 Å². The van der Waals surface area contributed by atoms with Gasteiger partial charge < -0.3 is 5.11 Å². The molecule has 0 amide bonds. The number of carboxylic acid groups (broad SMARTS) is 1. The first-order valence-corrected chi connectivity index (χ1v) is 2.57. The number of carboxylic acids is 1. The van der Waals surface area contributed by atoms with Crippen molar-refractivity contribution in [2.24, 2.45) is 0 Å². The van der Waals surface area contributed by atoms with E-state index in [1.165, 1.54) is 0 Å². The standard InChI is InChI=1S/C5H6F2O3/c1-2-5(6,7)3(8)4(9)10/h2H2,1H3,(H,9,10). The molecule has 0 fully saturated rings. The van der Waals surface area contributed by atoms with Gasteiger partial charge in [-0.25, -0.2) is 4.79 Å². The Labute approximate surface area is 55.6 Å². The summed E-state index contributed by atoms with van der Waals surface area (Å²) >= 11 is 0. The lowest BCUT2D eigenvalue weighted by Crippen LogP contribution is -2.33. The third kappa shape index (κ3) is 1.75. The SMILES string of the molecule is CCC(F)(F)C(=O)C(=O)O. The van der Waals surface area contributed by atoms with Crippen LogP contribution in [-0.2, 0) is 9.59 Å². The summed E-state index contributed by atoms with van der Waals surface area (Å²) < 4.78 is 24.1. The molecule has 10 heavy (non-hydrogen) atoms. The number of halogens is 2. The maximum Gasteiger partial charge on any atom is 0.378 e. The van der Waals surface area contributed by atoms with Crippen molar-refractivity contribution >= 4 is 11.8 Å². The van der Waals surface area contributed by atoms with Gasteiger partial charge in [0.2, 0.25) is 0 Å². The second-order valence-electron chi connectivity index (χ2n) is 1.69. The van der Waals surface area contributed by atoms with Gasteiger partial charge in [-0.2, -0.15) is 8.78 Å². The first-order chi connectivity index (χ1) is 4.41. The highest BCUT2D eigenvalue weighted by Crippen LogP contribution is 2.18. The number of alkyl halides is 2. The van der Waals surface area contributed by atoms with E-state index in [4.69, 9.17) is 5.11 Å². The second kappa shape index (κ2) is 2.72. The Morgan fingerprint density at radius 1 is 1.50 bits per heavy atom. The molecule has 0 radical (unpaired) electrons. The molecule has 0 aliphatic heterocycles. The van der Waals surface area contributed by atoms with Crippen LogP contribution in [0.1, 0.15) is 13.3 Å². The fraction of sp³-hybridized carbons (Fsp3) is 0.600. The smallest absolute Gasteiger partial charge is 0.378 e. The highest BCUT2D eigenvalue weighted by Gasteiger charge is 2.41. The molecule has 58 valence electrons. The van der Waals surface area contributed by atoms with E-state index in [9.17, 15) is 18.4 Å². The zero-order valence-electron chi connectivity index (χ0n) is 5.23. The molecule has 0 aromatic carbocycles. The molecule has 3 nitrogen and oxygen atoms in total. The monoisotopic (exact) mass is 152 g/mol. The van der Waals surface area contributed by atoms with Crippen LogP contribution in [-0.4, -0.2) is 22.8 Å². The number of hydrogen-bond donors (Lipinski definition) is 1. The van der Waals surface area contributed by atoms with Gasteiger partial charge in [-0.1, -0.05) is 6.92 Å².